The van der Waals surface area contributed by atoms with E-state index in [1.807, 2.05) is 0 Å². The van der Waals surface area contributed by atoms with Gasteiger partial charge in [0.05, 0.1) is 10.7 Å². The highest BCUT2D eigenvalue weighted by atomic mass is 35.5. The Hall–Kier alpha value is -1.26. The number of nitrogens with one attached hydrogen (secondary N) is 2. The summed E-state index contributed by atoms with van der Waals surface area (Å²) >= 11 is 11.7. The fraction of sp³-hybridized carbons (Fsp3) is 0.429. The normalized spacial score (nSPS) is 10.4. The minimum Gasteiger partial charge on any atom is -0.356 e. The first-order valence-corrected chi connectivity index (χ1v) is 7.15. The Kier molecular flexibility index (Phi) is 6.82. The van der Waals surface area contributed by atoms with Crippen LogP contribution >= 0.6 is 23.2 Å². The Labute approximate surface area is 128 Å². The third kappa shape index (κ3) is 6.26. The summed E-state index contributed by atoms with van der Waals surface area (Å²) in [5.41, 5.74) is 0.441. The van der Waals surface area contributed by atoms with Gasteiger partial charge in [0.2, 0.25) is 11.8 Å². The van der Waals surface area contributed by atoms with E-state index < -0.39 is 5.91 Å². The lowest BCUT2D eigenvalue weighted by Crippen LogP contribution is -2.29. The molecule has 0 heterocycles. The van der Waals surface area contributed by atoms with Gasteiger partial charge in [-0.3, -0.25) is 9.59 Å². The highest BCUT2D eigenvalue weighted by Crippen LogP contribution is 2.25. The van der Waals surface area contributed by atoms with Crippen molar-refractivity contribution in [1.82, 2.24) is 5.32 Å². The number of hydrogen-bond acceptors (Lipinski definition) is 2. The average Bonchev–Trinajstić information content (AvgIpc) is 2.32. The molecule has 4 nitrogen and oxygen atoms in total. The molecule has 6 heteroatoms. The molecule has 1 rings (SSSR count). The van der Waals surface area contributed by atoms with Crippen molar-refractivity contribution in [2.75, 3.05) is 11.9 Å². The van der Waals surface area contributed by atoms with Crippen LogP contribution in [0, 0.1) is 5.92 Å². The van der Waals surface area contributed by atoms with Crippen molar-refractivity contribution < 1.29 is 9.59 Å². The van der Waals surface area contributed by atoms with Crippen LogP contribution in [0.4, 0.5) is 5.69 Å². The Bertz CT molecular complexity index is 490. The third-order valence-corrected chi connectivity index (χ3v) is 3.12. The van der Waals surface area contributed by atoms with Crippen molar-refractivity contribution in [3.8, 4) is 0 Å². The van der Waals surface area contributed by atoms with Gasteiger partial charge in [0.25, 0.3) is 0 Å². The molecule has 0 saturated carbocycles. The summed E-state index contributed by atoms with van der Waals surface area (Å²) in [5, 5.41) is 6.10. The van der Waals surface area contributed by atoms with Gasteiger partial charge in [-0.15, -0.1) is 0 Å². The molecule has 1 aromatic carbocycles. The smallest absolute Gasteiger partial charge is 0.233 e. The summed E-state index contributed by atoms with van der Waals surface area (Å²) in [6.07, 6.45) is 0.660. The van der Waals surface area contributed by atoms with Crippen LogP contribution in [0.2, 0.25) is 10.0 Å². The molecule has 0 aromatic heterocycles. The third-order valence-electron chi connectivity index (χ3n) is 2.57. The molecule has 0 fully saturated rings. The summed E-state index contributed by atoms with van der Waals surface area (Å²) in [6.45, 7) is 4.72. The van der Waals surface area contributed by atoms with Crippen LogP contribution < -0.4 is 10.6 Å². The number of amides is 2. The SMILES string of the molecule is CC(C)CCNC(=O)CC(=O)Nc1ccc(Cl)cc1Cl. The molecule has 0 aliphatic carbocycles. The maximum Gasteiger partial charge on any atom is 0.233 e. The maximum absolute atomic E-state index is 11.7. The van der Waals surface area contributed by atoms with Crippen LogP contribution in [0.25, 0.3) is 0 Å². The first-order chi connectivity index (χ1) is 9.38. The van der Waals surface area contributed by atoms with Crippen LogP contribution in [0.3, 0.4) is 0 Å². The number of carbonyl (C=O) groups is 2. The van der Waals surface area contributed by atoms with Crippen LogP contribution in [0.5, 0.6) is 0 Å². The second kappa shape index (κ2) is 8.12. The van der Waals surface area contributed by atoms with E-state index in [9.17, 15) is 9.59 Å². The van der Waals surface area contributed by atoms with Gasteiger partial charge in [0.15, 0.2) is 0 Å². The number of halogens is 2. The van der Waals surface area contributed by atoms with E-state index in [1.54, 1.807) is 12.1 Å². The molecule has 110 valence electrons. The quantitative estimate of drug-likeness (QED) is 0.789. The number of anilines is 1. The van der Waals surface area contributed by atoms with E-state index in [-0.39, 0.29) is 12.3 Å². The van der Waals surface area contributed by atoms with Crippen molar-refractivity contribution >= 4 is 40.7 Å². The van der Waals surface area contributed by atoms with Gasteiger partial charge in [-0.25, -0.2) is 0 Å². The van der Waals surface area contributed by atoms with E-state index in [1.165, 1.54) is 6.07 Å². The molecule has 0 atom stereocenters. The minimum atomic E-state index is -0.406. The zero-order valence-corrected chi connectivity index (χ0v) is 13.0. The lowest BCUT2D eigenvalue weighted by atomic mass is 10.1. The van der Waals surface area contributed by atoms with Crippen LogP contribution in [-0.2, 0) is 9.59 Å². The molecule has 0 bridgehead atoms. The van der Waals surface area contributed by atoms with Gasteiger partial charge >= 0.3 is 0 Å². The summed E-state index contributed by atoms with van der Waals surface area (Å²) in [4.78, 5) is 23.2. The average molecular weight is 317 g/mol. The molecule has 20 heavy (non-hydrogen) atoms. The molecule has 2 amide bonds. The predicted molar refractivity (Wildman–Crippen MR) is 82.2 cm³/mol. The van der Waals surface area contributed by atoms with E-state index in [0.717, 1.165) is 6.42 Å². The first-order valence-electron chi connectivity index (χ1n) is 6.40. The molecule has 0 saturated heterocycles. The van der Waals surface area contributed by atoms with Gasteiger partial charge in [-0.1, -0.05) is 37.0 Å². The van der Waals surface area contributed by atoms with Crippen LogP contribution in [0.15, 0.2) is 18.2 Å². The molecule has 0 aliphatic heterocycles. The highest BCUT2D eigenvalue weighted by molar-refractivity contribution is 6.36. The molecule has 0 aliphatic rings. The van der Waals surface area contributed by atoms with Crippen LogP contribution in [-0.4, -0.2) is 18.4 Å². The van der Waals surface area contributed by atoms with Crippen molar-refractivity contribution in [2.24, 2.45) is 5.92 Å². The molecule has 2 N–H and O–H groups in total. The predicted octanol–water partition coefficient (Wildman–Crippen LogP) is 3.48. The zero-order chi connectivity index (χ0) is 15.1. The Morgan fingerprint density at radius 2 is 1.90 bits per heavy atom. The summed E-state index contributed by atoms with van der Waals surface area (Å²) < 4.78 is 0. The lowest BCUT2D eigenvalue weighted by Gasteiger charge is -2.09. The van der Waals surface area contributed by atoms with E-state index in [0.29, 0.717) is 28.2 Å². The molecular formula is C14H18Cl2N2O2. The second-order valence-corrected chi connectivity index (χ2v) is 5.73. The maximum atomic E-state index is 11.7. The van der Waals surface area contributed by atoms with Crippen LogP contribution in [0.1, 0.15) is 26.7 Å². The molecule has 0 spiro atoms. The minimum absolute atomic E-state index is 0.225. The molecule has 0 unspecified atom stereocenters. The second-order valence-electron chi connectivity index (χ2n) is 4.88. The molecule has 1 aromatic rings. The first kappa shape index (κ1) is 16.8. The fourth-order valence-electron chi connectivity index (χ4n) is 1.49. The Morgan fingerprint density at radius 1 is 1.20 bits per heavy atom. The van der Waals surface area contributed by atoms with Gasteiger partial charge in [0, 0.05) is 11.6 Å². The summed E-state index contributed by atoms with van der Waals surface area (Å²) in [7, 11) is 0. The van der Waals surface area contributed by atoms with Crippen molar-refractivity contribution in [3.63, 3.8) is 0 Å². The Morgan fingerprint density at radius 3 is 2.50 bits per heavy atom. The van der Waals surface area contributed by atoms with Gasteiger partial charge in [-0.05, 0) is 30.5 Å². The number of carbonyl (C=O) groups excluding carboxylic acids is 2. The van der Waals surface area contributed by atoms with Gasteiger partial charge in [-0.2, -0.15) is 0 Å². The van der Waals surface area contributed by atoms with E-state index >= 15 is 0 Å². The summed E-state index contributed by atoms with van der Waals surface area (Å²) in [5.74, 6) is -0.193. The lowest BCUT2D eigenvalue weighted by molar-refractivity contribution is -0.126. The standard InChI is InChI=1S/C14H18Cl2N2O2/c1-9(2)5-6-17-13(19)8-14(20)18-12-4-3-10(15)7-11(12)16/h3-4,7,9H,5-6,8H2,1-2H3,(H,17,19)(H,18,20). The van der Waals surface area contributed by atoms with Gasteiger partial charge < -0.3 is 10.6 Å². The van der Waals surface area contributed by atoms with Crippen molar-refractivity contribution in [3.05, 3.63) is 28.2 Å². The largest absolute Gasteiger partial charge is 0.356 e. The highest BCUT2D eigenvalue weighted by Gasteiger charge is 2.11. The topological polar surface area (TPSA) is 58.2 Å². The molecule has 0 radical (unpaired) electrons. The number of benzene rings is 1. The van der Waals surface area contributed by atoms with Crippen molar-refractivity contribution in [2.45, 2.75) is 26.7 Å². The van der Waals surface area contributed by atoms with Crippen molar-refractivity contribution in [1.29, 1.82) is 0 Å². The summed E-state index contributed by atoms with van der Waals surface area (Å²) in [6, 6.07) is 4.74. The number of rotatable bonds is 6. The van der Waals surface area contributed by atoms with E-state index in [2.05, 4.69) is 24.5 Å². The van der Waals surface area contributed by atoms with E-state index in [4.69, 9.17) is 23.2 Å². The Balaban J connectivity index is 2.41. The van der Waals surface area contributed by atoms with Gasteiger partial charge in [0.1, 0.15) is 6.42 Å². The zero-order valence-electron chi connectivity index (χ0n) is 11.5. The monoisotopic (exact) mass is 316 g/mol. The number of hydrogen-bond donors (Lipinski definition) is 2. The molecular weight excluding hydrogens is 299 g/mol. The fourth-order valence-corrected chi connectivity index (χ4v) is 1.95.